The molecule has 2 heterocycles. The molecule has 27 heavy (non-hydrogen) atoms. The first kappa shape index (κ1) is 19.2. The van der Waals surface area contributed by atoms with E-state index in [9.17, 15) is 0 Å². The van der Waals surface area contributed by atoms with Crippen LogP contribution in [-0.2, 0) is 4.74 Å². The lowest BCUT2D eigenvalue weighted by molar-refractivity contribution is 0.122. The SMILES string of the molecule is CN(C)c1ccc(Nc2nc(N3CCOCC3)c3ccccc3n2)cc1.Cl. The van der Waals surface area contributed by atoms with Gasteiger partial charge in [-0.1, -0.05) is 12.1 Å². The van der Waals surface area contributed by atoms with Gasteiger partial charge in [0.15, 0.2) is 0 Å². The third kappa shape index (κ3) is 4.23. The number of benzene rings is 2. The van der Waals surface area contributed by atoms with Crippen LogP contribution in [-0.4, -0.2) is 50.4 Å². The van der Waals surface area contributed by atoms with E-state index in [2.05, 4.69) is 33.3 Å². The van der Waals surface area contributed by atoms with Crippen LogP contribution in [0, 0.1) is 0 Å². The van der Waals surface area contributed by atoms with E-state index < -0.39 is 0 Å². The smallest absolute Gasteiger partial charge is 0.229 e. The molecule has 142 valence electrons. The highest BCUT2D eigenvalue weighted by Gasteiger charge is 2.17. The largest absolute Gasteiger partial charge is 0.378 e. The van der Waals surface area contributed by atoms with Gasteiger partial charge in [-0.2, -0.15) is 4.98 Å². The zero-order chi connectivity index (χ0) is 17.9. The Hall–Kier alpha value is -2.57. The Kier molecular flexibility index (Phi) is 5.98. The molecular formula is C20H24ClN5O. The van der Waals surface area contributed by atoms with Gasteiger partial charge >= 0.3 is 0 Å². The van der Waals surface area contributed by atoms with E-state index in [1.165, 1.54) is 0 Å². The van der Waals surface area contributed by atoms with Gasteiger partial charge in [0.05, 0.1) is 18.7 Å². The van der Waals surface area contributed by atoms with Crippen LogP contribution in [0.5, 0.6) is 0 Å². The van der Waals surface area contributed by atoms with Crippen molar-refractivity contribution < 1.29 is 4.74 Å². The van der Waals surface area contributed by atoms with E-state index in [1.807, 2.05) is 44.4 Å². The van der Waals surface area contributed by atoms with Crippen LogP contribution in [0.1, 0.15) is 0 Å². The van der Waals surface area contributed by atoms with Crippen LogP contribution < -0.4 is 15.1 Å². The highest BCUT2D eigenvalue weighted by Crippen LogP contribution is 2.27. The Morgan fingerprint density at radius 3 is 2.37 bits per heavy atom. The molecule has 1 aliphatic rings. The van der Waals surface area contributed by atoms with Crippen molar-refractivity contribution in [2.75, 3.05) is 55.5 Å². The standard InChI is InChI=1S/C20H23N5O.ClH/c1-24(2)16-9-7-15(8-10-16)21-20-22-18-6-4-3-5-17(18)19(23-20)25-11-13-26-14-12-25;/h3-10H,11-14H2,1-2H3,(H,21,22,23);1H. The van der Waals surface area contributed by atoms with E-state index >= 15 is 0 Å². The minimum atomic E-state index is 0. The predicted molar refractivity (Wildman–Crippen MR) is 114 cm³/mol. The summed E-state index contributed by atoms with van der Waals surface area (Å²) in [4.78, 5) is 13.9. The Balaban J connectivity index is 0.00000210. The summed E-state index contributed by atoms with van der Waals surface area (Å²) < 4.78 is 5.48. The Morgan fingerprint density at radius 1 is 0.963 bits per heavy atom. The van der Waals surface area contributed by atoms with Gasteiger partial charge in [0.2, 0.25) is 5.95 Å². The van der Waals surface area contributed by atoms with Gasteiger partial charge in [-0.25, -0.2) is 4.98 Å². The molecule has 0 saturated carbocycles. The first-order chi connectivity index (χ1) is 12.7. The molecule has 0 aliphatic carbocycles. The lowest BCUT2D eigenvalue weighted by Crippen LogP contribution is -2.37. The molecule has 3 aromatic rings. The monoisotopic (exact) mass is 385 g/mol. The normalized spacial score (nSPS) is 13.9. The van der Waals surface area contributed by atoms with Crippen LogP contribution in [0.4, 0.5) is 23.1 Å². The molecule has 6 nitrogen and oxygen atoms in total. The maximum atomic E-state index is 5.48. The average Bonchev–Trinajstić information content (AvgIpc) is 2.68. The highest BCUT2D eigenvalue weighted by atomic mass is 35.5. The van der Waals surface area contributed by atoms with Gasteiger partial charge in [-0.15, -0.1) is 12.4 Å². The van der Waals surface area contributed by atoms with Gasteiger partial charge < -0.3 is 19.9 Å². The number of morpholine rings is 1. The van der Waals surface area contributed by atoms with Crippen molar-refractivity contribution in [1.29, 1.82) is 0 Å². The molecule has 2 aromatic carbocycles. The second-order valence-corrected chi connectivity index (χ2v) is 6.55. The fourth-order valence-corrected chi connectivity index (χ4v) is 3.10. The van der Waals surface area contributed by atoms with E-state index in [1.54, 1.807) is 0 Å². The molecule has 0 bridgehead atoms. The molecule has 4 rings (SSSR count). The molecule has 0 amide bonds. The summed E-state index contributed by atoms with van der Waals surface area (Å²) in [6, 6.07) is 16.4. The van der Waals surface area contributed by atoms with Gasteiger partial charge in [0.1, 0.15) is 5.82 Å². The zero-order valence-electron chi connectivity index (χ0n) is 15.6. The average molecular weight is 386 g/mol. The second-order valence-electron chi connectivity index (χ2n) is 6.55. The van der Waals surface area contributed by atoms with Crippen LogP contribution in [0.2, 0.25) is 0 Å². The number of ether oxygens (including phenoxy) is 1. The molecule has 1 N–H and O–H groups in total. The lowest BCUT2D eigenvalue weighted by atomic mass is 10.2. The lowest BCUT2D eigenvalue weighted by Gasteiger charge is -2.29. The summed E-state index contributed by atoms with van der Waals surface area (Å²) in [6.45, 7) is 3.15. The van der Waals surface area contributed by atoms with Crippen molar-refractivity contribution in [3.05, 3.63) is 48.5 Å². The number of aromatic nitrogens is 2. The quantitative estimate of drug-likeness (QED) is 0.739. The van der Waals surface area contributed by atoms with Gasteiger partial charge in [0.25, 0.3) is 0 Å². The Bertz CT molecular complexity index is 895. The van der Waals surface area contributed by atoms with Crippen molar-refractivity contribution >= 4 is 46.5 Å². The topological polar surface area (TPSA) is 53.5 Å². The number of fused-ring (bicyclic) bond motifs is 1. The molecular weight excluding hydrogens is 362 g/mol. The van der Waals surface area contributed by atoms with Crippen LogP contribution >= 0.6 is 12.4 Å². The van der Waals surface area contributed by atoms with E-state index in [-0.39, 0.29) is 12.4 Å². The van der Waals surface area contributed by atoms with Crippen LogP contribution in [0.3, 0.4) is 0 Å². The molecule has 1 fully saturated rings. The highest BCUT2D eigenvalue weighted by molar-refractivity contribution is 5.90. The van der Waals surface area contributed by atoms with Crippen LogP contribution in [0.15, 0.2) is 48.5 Å². The molecule has 0 spiro atoms. The van der Waals surface area contributed by atoms with Gasteiger partial charge in [0, 0.05) is 43.9 Å². The van der Waals surface area contributed by atoms with Crippen molar-refractivity contribution in [1.82, 2.24) is 9.97 Å². The fraction of sp³-hybridized carbons (Fsp3) is 0.300. The minimum Gasteiger partial charge on any atom is -0.378 e. The van der Waals surface area contributed by atoms with E-state index in [0.717, 1.165) is 54.4 Å². The van der Waals surface area contributed by atoms with E-state index in [0.29, 0.717) is 5.95 Å². The van der Waals surface area contributed by atoms with Gasteiger partial charge in [-0.05, 0) is 36.4 Å². The second kappa shape index (κ2) is 8.41. The van der Waals surface area contributed by atoms with Crippen molar-refractivity contribution in [3.8, 4) is 0 Å². The van der Waals surface area contributed by atoms with Gasteiger partial charge in [-0.3, -0.25) is 0 Å². The maximum absolute atomic E-state index is 5.48. The summed E-state index contributed by atoms with van der Waals surface area (Å²) in [5, 5.41) is 4.42. The third-order valence-corrected chi connectivity index (χ3v) is 4.53. The summed E-state index contributed by atoms with van der Waals surface area (Å²) in [5.41, 5.74) is 3.07. The number of hydrogen-bond donors (Lipinski definition) is 1. The first-order valence-electron chi connectivity index (χ1n) is 8.84. The number of hydrogen-bond acceptors (Lipinski definition) is 6. The Labute approximate surface area is 165 Å². The Morgan fingerprint density at radius 2 is 1.67 bits per heavy atom. The molecule has 1 aliphatic heterocycles. The molecule has 0 unspecified atom stereocenters. The summed E-state index contributed by atoms with van der Waals surface area (Å²) >= 11 is 0. The molecule has 1 aromatic heterocycles. The number of nitrogens with one attached hydrogen (secondary N) is 1. The maximum Gasteiger partial charge on any atom is 0.229 e. The van der Waals surface area contributed by atoms with Crippen LogP contribution in [0.25, 0.3) is 10.9 Å². The van der Waals surface area contributed by atoms with Crippen molar-refractivity contribution in [2.45, 2.75) is 0 Å². The predicted octanol–water partition coefficient (Wildman–Crippen LogP) is 3.70. The number of anilines is 4. The van der Waals surface area contributed by atoms with Crippen molar-refractivity contribution in [2.24, 2.45) is 0 Å². The zero-order valence-corrected chi connectivity index (χ0v) is 16.4. The molecule has 1 saturated heterocycles. The summed E-state index contributed by atoms with van der Waals surface area (Å²) in [5.74, 6) is 1.58. The number of rotatable bonds is 4. The summed E-state index contributed by atoms with van der Waals surface area (Å²) in [7, 11) is 4.06. The third-order valence-electron chi connectivity index (χ3n) is 4.53. The molecule has 0 radical (unpaired) electrons. The molecule has 0 atom stereocenters. The minimum absolute atomic E-state index is 0. The molecule has 7 heteroatoms. The summed E-state index contributed by atoms with van der Waals surface area (Å²) in [6.07, 6.45) is 0. The number of halogens is 1. The first-order valence-corrected chi connectivity index (χ1v) is 8.84. The van der Waals surface area contributed by atoms with E-state index in [4.69, 9.17) is 14.7 Å². The van der Waals surface area contributed by atoms with Crippen molar-refractivity contribution in [3.63, 3.8) is 0 Å². The fourth-order valence-electron chi connectivity index (χ4n) is 3.10. The number of nitrogens with zero attached hydrogens (tertiary/aromatic N) is 4. The number of para-hydroxylation sites is 1.